The monoisotopic (exact) mass is 804 g/mol. The van der Waals surface area contributed by atoms with Gasteiger partial charge in [0.2, 0.25) is 11.8 Å². The van der Waals surface area contributed by atoms with Crippen molar-refractivity contribution in [2.45, 2.75) is 44.6 Å². The zero-order valence-corrected chi connectivity index (χ0v) is 33.0. The van der Waals surface area contributed by atoms with Crippen LogP contribution in [0.15, 0.2) is 96.5 Å². The average Bonchev–Trinajstić information content (AvgIpc) is 3.95. The third-order valence-corrected chi connectivity index (χ3v) is 12.9. The largest absolute Gasteiger partial charge is 0.492 e. The van der Waals surface area contributed by atoms with Gasteiger partial charge < -0.3 is 14.8 Å². The van der Waals surface area contributed by atoms with Crippen molar-refractivity contribution in [2.24, 2.45) is 17.0 Å². The van der Waals surface area contributed by atoms with Crippen molar-refractivity contribution in [1.82, 2.24) is 29.9 Å². The molecule has 6 heterocycles. The van der Waals surface area contributed by atoms with E-state index in [1.807, 2.05) is 53.2 Å². The number of piperidine rings is 2. The third kappa shape index (κ3) is 6.89. The number of ether oxygens (including phenoxy) is 1. The summed E-state index contributed by atoms with van der Waals surface area (Å²) in [6, 6.07) is 22.6. The van der Waals surface area contributed by atoms with Gasteiger partial charge in [-0.1, -0.05) is 23.4 Å². The van der Waals surface area contributed by atoms with Gasteiger partial charge in [0.1, 0.15) is 24.1 Å². The number of fused-ring (bicyclic) bond motifs is 2. The van der Waals surface area contributed by atoms with Gasteiger partial charge in [-0.3, -0.25) is 39.3 Å². The van der Waals surface area contributed by atoms with Crippen LogP contribution in [0.25, 0.3) is 28.1 Å². The number of aromatic nitrogens is 3. The molecular weight excluding hydrogens is 761 g/mol. The molecule has 5 aromatic rings. The Morgan fingerprint density at radius 2 is 1.50 bits per heavy atom. The molecule has 60 heavy (non-hydrogen) atoms. The van der Waals surface area contributed by atoms with E-state index in [9.17, 15) is 24.4 Å². The highest BCUT2D eigenvalue weighted by Crippen LogP contribution is 2.38. The molecule has 4 aliphatic heterocycles. The molecule has 10 rings (SSSR count). The van der Waals surface area contributed by atoms with Crippen molar-refractivity contribution in [3.05, 3.63) is 114 Å². The van der Waals surface area contributed by atoms with Crippen LogP contribution in [0.3, 0.4) is 0 Å². The number of likely N-dealkylation sites (tertiary alicyclic amines) is 1. The summed E-state index contributed by atoms with van der Waals surface area (Å²) in [5, 5.41) is 20.2. The van der Waals surface area contributed by atoms with Gasteiger partial charge >= 0.3 is 0 Å². The van der Waals surface area contributed by atoms with Crippen LogP contribution < -0.4 is 15.0 Å². The maximum Gasteiger partial charge on any atom is 0.262 e. The SMILES string of the molecule is O=C1CCC(N2C(=O)c3ccc(N4CC(C5CCN(CCOc6ccc(-n7cc(-c8ccc9c(c8)CCC9=NO)c(-c8ccncc8)n7)cc6)CC5)C4)cc3C2=O)C(=O)N1. The molecule has 0 bridgehead atoms. The summed E-state index contributed by atoms with van der Waals surface area (Å²) in [5.41, 5.74) is 9.26. The summed E-state index contributed by atoms with van der Waals surface area (Å²) < 4.78 is 8.10. The lowest BCUT2D eigenvalue weighted by atomic mass is 9.79. The number of amides is 4. The Balaban J connectivity index is 0.708. The van der Waals surface area contributed by atoms with Crippen molar-refractivity contribution in [2.75, 3.05) is 44.2 Å². The van der Waals surface area contributed by atoms with E-state index < -0.39 is 23.8 Å². The standard InChI is InChI=1S/C46H44N8O6/c55-42-12-11-41(44(56)48-42)54-45(57)37-9-5-34(24-38(37)46(54)58)52-25-32(26-52)28-15-19-51(20-16-28)21-22-60-35-6-3-33(4-7-35)53-27-39(43(49-53)29-13-17-47-18-14-29)31-1-8-36-30(23-31)2-10-40(36)50-59/h1,3-9,13-14,17-18,23-24,27-28,32,41,59H,2,10-12,15-16,19-22,25-26H2,(H,48,55,56). The molecule has 1 aliphatic carbocycles. The minimum Gasteiger partial charge on any atom is -0.492 e. The van der Waals surface area contributed by atoms with Crippen LogP contribution in [0.5, 0.6) is 5.75 Å². The van der Waals surface area contributed by atoms with Gasteiger partial charge in [-0.15, -0.1) is 0 Å². The van der Waals surface area contributed by atoms with Crippen molar-refractivity contribution in [3.8, 4) is 33.8 Å². The number of benzene rings is 3. The van der Waals surface area contributed by atoms with Crippen LogP contribution in [0.2, 0.25) is 0 Å². The number of nitrogens with zero attached hydrogens (tertiary/aromatic N) is 7. The van der Waals surface area contributed by atoms with Gasteiger partial charge in [0.25, 0.3) is 11.8 Å². The Morgan fingerprint density at radius 3 is 2.27 bits per heavy atom. The number of oxime groups is 1. The second kappa shape index (κ2) is 15.5. The molecule has 1 unspecified atom stereocenters. The van der Waals surface area contributed by atoms with Gasteiger partial charge in [-0.2, -0.15) is 5.10 Å². The quantitative estimate of drug-likeness (QED) is 0.107. The molecule has 0 spiro atoms. The molecule has 14 heteroatoms. The number of rotatable bonds is 10. The van der Waals surface area contributed by atoms with E-state index in [1.54, 1.807) is 24.5 Å². The van der Waals surface area contributed by atoms with Gasteiger partial charge in [0, 0.05) is 67.0 Å². The molecule has 304 valence electrons. The summed E-state index contributed by atoms with van der Waals surface area (Å²) in [7, 11) is 0. The van der Waals surface area contributed by atoms with Crippen molar-refractivity contribution in [3.63, 3.8) is 0 Å². The fraction of sp³-hybridized carbons (Fsp3) is 0.326. The van der Waals surface area contributed by atoms with Crippen LogP contribution in [0.1, 0.15) is 63.9 Å². The van der Waals surface area contributed by atoms with E-state index in [2.05, 4.69) is 43.6 Å². The highest BCUT2D eigenvalue weighted by atomic mass is 16.5. The molecule has 14 nitrogen and oxygen atoms in total. The van der Waals surface area contributed by atoms with E-state index in [4.69, 9.17) is 9.84 Å². The van der Waals surface area contributed by atoms with Crippen LogP contribution >= 0.6 is 0 Å². The molecule has 2 N–H and O–H groups in total. The molecule has 4 amide bonds. The number of carbonyl (C=O) groups excluding carboxylic acids is 4. The number of hydrogen-bond donors (Lipinski definition) is 2. The zero-order valence-electron chi connectivity index (χ0n) is 33.0. The highest BCUT2D eigenvalue weighted by molar-refractivity contribution is 6.23. The second-order valence-electron chi connectivity index (χ2n) is 16.4. The van der Waals surface area contributed by atoms with Crippen LogP contribution in [0, 0.1) is 11.8 Å². The van der Waals surface area contributed by atoms with Crippen molar-refractivity contribution in [1.29, 1.82) is 0 Å². The summed E-state index contributed by atoms with van der Waals surface area (Å²) in [4.78, 5) is 60.4. The predicted octanol–water partition coefficient (Wildman–Crippen LogP) is 5.35. The molecule has 1 atom stereocenters. The number of nitrogens with one attached hydrogen (secondary N) is 1. The summed E-state index contributed by atoms with van der Waals surface area (Å²) in [6.07, 6.45) is 9.68. The first-order chi connectivity index (χ1) is 29.3. The maximum atomic E-state index is 13.3. The number of aryl methyl sites for hydroxylation is 1. The van der Waals surface area contributed by atoms with Crippen LogP contribution in [-0.2, 0) is 16.0 Å². The van der Waals surface area contributed by atoms with E-state index in [0.29, 0.717) is 29.6 Å². The topological polar surface area (TPSA) is 163 Å². The Bertz CT molecular complexity index is 2540. The van der Waals surface area contributed by atoms with Gasteiger partial charge in [0.15, 0.2) is 0 Å². The molecule has 3 saturated heterocycles. The number of anilines is 1. The van der Waals surface area contributed by atoms with E-state index in [0.717, 1.165) is 114 Å². The van der Waals surface area contributed by atoms with Crippen LogP contribution in [-0.4, -0.2) is 104 Å². The number of pyridine rings is 1. The van der Waals surface area contributed by atoms with E-state index in [1.165, 1.54) is 5.56 Å². The third-order valence-electron chi connectivity index (χ3n) is 12.9. The summed E-state index contributed by atoms with van der Waals surface area (Å²) in [6.45, 7) is 5.31. The molecule has 3 aromatic carbocycles. The molecule has 5 aliphatic rings. The minimum absolute atomic E-state index is 0.0979. The average molecular weight is 805 g/mol. The van der Waals surface area contributed by atoms with Gasteiger partial charge in [-0.05, 0) is 123 Å². The lowest BCUT2D eigenvalue weighted by Crippen LogP contribution is -2.54. The van der Waals surface area contributed by atoms with E-state index in [-0.39, 0.29) is 18.7 Å². The Kier molecular flexibility index (Phi) is 9.71. The summed E-state index contributed by atoms with van der Waals surface area (Å²) >= 11 is 0. The number of carbonyl (C=O) groups is 4. The lowest BCUT2D eigenvalue weighted by molar-refractivity contribution is -0.136. The molecular formula is C46H44N8O6. The normalized spacial score (nSPS) is 20.4. The van der Waals surface area contributed by atoms with E-state index >= 15 is 0 Å². The van der Waals surface area contributed by atoms with Gasteiger partial charge in [0.05, 0.1) is 22.5 Å². The minimum atomic E-state index is -0.964. The fourth-order valence-electron chi connectivity index (χ4n) is 9.49. The second-order valence-corrected chi connectivity index (χ2v) is 16.4. The first kappa shape index (κ1) is 37.6. The molecule has 2 aromatic heterocycles. The Hall–Kier alpha value is -6.67. The lowest BCUT2D eigenvalue weighted by Gasteiger charge is -2.47. The number of imide groups is 2. The van der Waals surface area contributed by atoms with Crippen molar-refractivity contribution < 1.29 is 29.1 Å². The Morgan fingerprint density at radius 1 is 0.750 bits per heavy atom. The zero-order chi connectivity index (χ0) is 40.9. The maximum absolute atomic E-state index is 13.3. The molecule has 3 fully saturated rings. The molecule has 0 saturated carbocycles. The first-order valence-electron chi connectivity index (χ1n) is 20.7. The van der Waals surface area contributed by atoms with Gasteiger partial charge in [-0.25, -0.2) is 4.68 Å². The highest BCUT2D eigenvalue weighted by Gasteiger charge is 2.45. The number of hydrogen-bond acceptors (Lipinski definition) is 11. The van der Waals surface area contributed by atoms with Crippen molar-refractivity contribution >= 4 is 35.0 Å². The summed E-state index contributed by atoms with van der Waals surface area (Å²) in [5.74, 6) is 0.0713. The fourth-order valence-corrected chi connectivity index (χ4v) is 9.49. The first-order valence-corrected chi connectivity index (χ1v) is 20.7. The Labute approximate surface area is 346 Å². The van der Waals surface area contributed by atoms with Crippen LogP contribution in [0.4, 0.5) is 5.69 Å². The predicted molar refractivity (Wildman–Crippen MR) is 222 cm³/mol. The molecule has 0 radical (unpaired) electrons. The smallest absolute Gasteiger partial charge is 0.262 e.